The molecule has 0 aliphatic heterocycles. The minimum absolute atomic E-state index is 0.0310. The third-order valence-electron chi connectivity index (χ3n) is 9.73. The van der Waals surface area contributed by atoms with Crippen LogP contribution in [0.2, 0.25) is 0 Å². The molecule has 0 spiro atoms. The van der Waals surface area contributed by atoms with Crippen LogP contribution in [-0.2, 0) is 40.5 Å². The van der Waals surface area contributed by atoms with Crippen LogP contribution in [0.25, 0.3) is 43.1 Å². The summed E-state index contributed by atoms with van der Waals surface area (Å²) in [6, 6.07) is 27.0. The zero-order chi connectivity index (χ0) is 45.9. The molecule has 0 atom stereocenters. The number of aromatic hydroxyl groups is 1. The minimum atomic E-state index is -4.98. The average molecular weight is 942 g/mol. The first kappa shape index (κ1) is 43.5. The summed E-state index contributed by atoms with van der Waals surface area (Å²) in [6.07, 6.45) is 0. The molecule has 8 aromatic carbocycles. The van der Waals surface area contributed by atoms with Gasteiger partial charge in [-0.15, -0.1) is 25.6 Å². The molecule has 0 saturated heterocycles. The highest BCUT2D eigenvalue weighted by Crippen LogP contribution is 2.44. The fraction of sp³-hybridized carbons (Fsp3) is 0. The number of hydrogen-bond donors (Lipinski definition) is 6. The van der Waals surface area contributed by atoms with Crippen molar-refractivity contribution in [1.82, 2.24) is 0 Å². The van der Waals surface area contributed by atoms with E-state index in [1.54, 1.807) is 24.3 Å². The van der Waals surface area contributed by atoms with Crippen LogP contribution in [0.3, 0.4) is 0 Å². The van der Waals surface area contributed by atoms with E-state index in [2.05, 4.69) is 30.7 Å². The lowest BCUT2D eigenvalue weighted by atomic mass is 10.1. The van der Waals surface area contributed by atoms with Crippen molar-refractivity contribution in [2.75, 3.05) is 5.73 Å². The maximum Gasteiger partial charge on any atom is 0.296 e. The van der Waals surface area contributed by atoms with Crippen molar-refractivity contribution in [3.8, 4) is 5.75 Å². The SMILES string of the molecule is Nc1ccc2cc(S(=O)(=O)O)c(N=Nc3ccc(N=Nc4ccc(N=Nc5cc(S(=O)(=O)O)c6cccc(S(=O)(=O)O)c6c5)c5ccccc45)c4ccc(S(=O)(=O)O)cc34)c(O)c2c1. The largest absolute Gasteiger partial charge is 0.505 e. The molecule has 0 saturated carbocycles. The van der Waals surface area contributed by atoms with Gasteiger partial charge in [-0.2, -0.15) is 38.8 Å². The number of anilines is 1. The van der Waals surface area contributed by atoms with Gasteiger partial charge in [0.1, 0.15) is 20.4 Å². The highest BCUT2D eigenvalue weighted by atomic mass is 32.2. The van der Waals surface area contributed by atoms with Gasteiger partial charge in [-0.05, 0) is 78.2 Å². The topological polar surface area (TPSA) is 338 Å². The average Bonchev–Trinajstić information content (AvgIpc) is 3.23. The molecule has 0 fully saturated rings. The zero-order valence-corrected chi connectivity index (χ0v) is 35.2. The molecule has 64 heavy (non-hydrogen) atoms. The molecular formula is C40H27N7O13S4. The molecule has 0 bridgehead atoms. The van der Waals surface area contributed by atoms with Crippen LogP contribution >= 0.6 is 0 Å². The van der Waals surface area contributed by atoms with Crippen LogP contribution in [0.15, 0.2) is 172 Å². The van der Waals surface area contributed by atoms with E-state index >= 15 is 0 Å². The third-order valence-corrected chi connectivity index (χ3v) is 13.2. The van der Waals surface area contributed by atoms with Gasteiger partial charge in [-0.25, -0.2) is 0 Å². The standard InChI is InChI=1S/C40H27N7O13S4/c41-22-9-8-21-16-38(64(58,59)60)39(40(48)29(21)17-22)47-46-35-15-14-34(27-11-10-24(20-30(27)35)61(49,50)51)45-44-33-13-12-32(25-4-1-2-5-26(25)33)43-42-23-18-31-28(37(19-23)63(55,56)57)6-3-7-36(31)62(52,53)54/h1-20,48H,41H2,(H,49,50,51)(H,52,53,54)(H,55,56,57)(H,58,59,60). The molecule has 0 unspecified atom stereocenters. The highest BCUT2D eigenvalue weighted by Gasteiger charge is 2.24. The molecule has 7 N–H and O–H groups in total. The molecule has 20 nitrogen and oxygen atoms in total. The van der Waals surface area contributed by atoms with Crippen molar-refractivity contribution >= 4 is 123 Å². The fourth-order valence-electron chi connectivity index (χ4n) is 6.85. The Bertz CT molecular complexity index is 3880. The Morgan fingerprint density at radius 2 is 0.922 bits per heavy atom. The molecular weight excluding hydrogens is 915 g/mol. The van der Waals surface area contributed by atoms with Gasteiger partial charge in [0.15, 0.2) is 5.75 Å². The summed E-state index contributed by atoms with van der Waals surface area (Å²) in [5.41, 5.74) is 5.85. The molecule has 0 aliphatic carbocycles. The van der Waals surface area contributed by atoms with Crippen molar-refractivity contribution in [3.63, 3.8) is 0 Å². The third kappa shape index (κ3) is 8.49. The Balaban J connectivity index is 1.20. The number of nitrogen functional groups attached to an aromatic ring is 1. The van der Waals surface area contributed by atoms with E-state index in [0.29, 0.717) is 16.5 Å². The van der Waals surface area contributed by atoms with E-state index in [-0.39, 0.29) is 60.8 Å². The van der Waals surface area contributed by atoms with Gasteiger partial charge in [0.05, 0.1) is 33.3 Å². The van der Waals surface area contributed by atoms with Gasteiger partial charge in [0.2, 0.25) is 0 Å². The van der Waals surface area contributed by atoms with E-state index < -0.39 is 71.5 Å². The smallest absolute Gasteiger partial charge is 0.296 e. The summed E-state index contributed by atoms with van der Waals surface area (Å²) in [6.45, 7) is 0. The number of hydrogen-bond acceptors (Lipinski definition) is 16. The number of azo groups is 3. The first-order valence-corrected chi connectivity index (χ1v) is 23.7. The van der Waals surface area contributed by atoms with Crippen LogP contribution in [0, 0.1) is 0 Å². The Kier molecular flexibility index (Phi) is 10.8. The Morgan fingerprint density at radius 3 is 1.50 bits per heavy atom. The quantitative estimate of drug-likeness (QED) is 0.0422. The predicted octanol–water partition coefficient (Wildman–Crippen LogP) is 9.82. The van der Waals surface area contributed by atoms with E-state index in [4.69, 9.17) is 5.73 Å². The van der Waals surface area contributed by atoms with E-state index in [1.807, 2.05) is 0 Å². The van der Waals surface area contributed by atoms with E-state index in [9.17, 15) is 57.0 Å². The summed E-state index contributed by atoms with van der Waals surface area (Å²) < 4.78 is 138. The summed E-state index contributed by atoms with van der Waals surface area (Å²) in [4.78, 5) is -2.63. The van der Waals surface area contributed by atoms with Crippen molar-refractivity contribution < 1.29 is 57.0 Å². The molecule has 24 heteroatoms. The van der Waals surface area contributed by atoms with Crippen LogP contribution < -0.4 is 5.73 Å². The van der Waals surface area contributed by atoms with Crippen LogP contribution in [0.4, 0.5) is 39.8 Å². The molecule has 324 valence electrons. The Labute approximate surface area is 361 Å². The van der Waals surface area contributed by atoms with Crippen molar-refractivity contribution in [3.05, 3.63) is 121 Å². The van der Waals surface area contributed by atoms with Crippen molar-refractivity contribution in [2.45, 2.75) is 19.6 Å². The number of benzene rings is 8. The number of rotatable bonds is 10. The predicted molar refractivity (Wildman–Crippen MR) is 234 cm³/mol. The van der Waals surface area contributed by atoms with Gasteiger partial charge in [0, 0.05) is 43.4 Å². The fourth-order valence-corrected chi connectivity index (χ4v) is 9.44. The maximum atomic E-state index is 12.4. The number of phenols is 1. The molecule has 0 aromatic heterocycles. The van der Waals surface area contributed by atoms with Gasteiger partial charge in [0.25, 0.3) is 40.5 Å². The molecule has 0 radical (unpaired) electrons. The van der Waals surface area contributed by atoms with Gasteiger partial charge >= 0.3 is 0 Å². The van der Waals surface area contributed by atoms with Crippen LogP contribution in [0.5, 0.6) is 5.75 Å². The number of fused-ring (bicyclic) bond motifs is 4. The lowest BCUT2D eigenvalue weighted by molar-refractivity contribution is 0.472. The molecule has 8 aromatic rings. The Hall–Kier alpha value is -7.16. The highest BCUT2D eigenvalue weighted by molar-refractivity contribution is 7.87. The Morgan fingerprint density at radius 1 is 0.391 bits per heavy atom. The van der Waals surface area contributed by atoms with Crippen molar-refractivity contribution in [2.24, 2.45) is 30.7 Å². The summed E-state index contributed by atoms with van der Waals surface area (Å²) in [5, 5.41) is 37.4. The summed E-state index contributed by atoms with van der Waals surface area (Å²) >= 11 is 0. The lowest BCUT2D eigenvalue weighted by Gasteiger charge is -2.10. The van der Waals surface area contributed by atoms with Gasteiger partial charge in [-0.1, -0.05) is 48.5 Å². The summed E-state index contributed by atoms with van der Waals surface area (Å²) in [5.74, 6) is -0.677. The number of nitrogens with two attached hydrogens (primary N) is 1. The summed E-state index contributed by atoms with van der Waals surface area (Å²) in [7, 11) is -19.5. The molecule has 8 rings (SSSR count). The minimum Gasteiger partial charge on any atom is -0.505 e. The van der Waals surface area contributed by atoms with Gasteiger partial charge < -0.3 is 10.8 Å². The van der Waals surface area contributed by atoms with Crippen molar-refractivity contribution in [1.29, 1.82) is 0 Å². The van der Waals surface area contributed by atoms with Gasteiger partial charge in [-0.3, -0.25) is 18.2 Å². The second-order valence-electron chi connectivity index (χ2n) is 13.8. The number of nitrogens with zero attached hydrogens (tertiary/aromatic N) is 6. The van der Waals surface area contributed by atoms with Crippen LogP contribution in [-0.4, -0.2) is 57.0 Å². The second kappa shape index (κ2) is 15.9. The van der Waals surface area contributed by atoms with E-state index in [1.165, 1.54) is 66.7 Å². The maximum absolute atomic E-state index is 12.4. The van der Waals surface area contributed by atoms with Crippen LogP contribution in [0.1, 0.15) is 0 Å². The lowest BCUT2D eigenvalue weighted by Crippen LogP contribution is -2.03. The second-order valence-corrected chi connectivity index (χ2v) is 19.4. The first-order chi connectivity index (χ1) is 30.1. The molecule has 0 aliphatic rings. The zero-order valence-electron chi connectivity index (χ0n) is 31.9. The molecule has 0 amide bonds. The van der Waals surface area contributed by atoms with E-state index in [0.717, 1.165) is 30.3 Å². The first-order valence-electron chi connectivity index (χ1n) is 17.9. The molecule has 0 heterocycles. The number of phenolic OH excluding ortho intramolecular Hbond substituents is 1. The monoisotopic (exact) mass is 941 g/mol. The normalized spacial score (nSPS) is 13.1.